The van der Waals surface area contributed by atoms with E-state index >= 15 is 0 Å². The van der Waals surface area contributed by atoms with Crippen LogP contribution < -0.4 is 10.6 Å². The molecule has 1 aliphatic heterocycles. The van der Waals surface area contributed by atoms with Gasteiger partial charge < -0.3 is 15.4 Å². The Morgan fingerprint density at radius 3 is 2.82 bits per heavy atom. The van der Waals surface area contributed by atoms with Gasteiger partial charge in [-0.05, 0) is 19.4 Å². The van der Waals surface area contributed by atoms with Gasteiger partial charge in [-0.1, -0.05) is 19.8 Å². The highest BCUT2D eigenvalue weighted by Gasteiger charge is 2.27. The molecule has 0 bridgehead atoms. The molecule has 5 nitrogen and oxygen atoms in total. The molecule has 1 heterocycles. The van der Waals surface area contributed by atoms with Gasteiger partial charge in [-0.15, -0.1) is 0 Å². The summed E-state index contributed by atoms with van der Waals surface area (Å²) < 4.78 is 4.70. The van der Waals surface area contributed by atoms with Crippen LogP contribution in [0.15, 0.2) is 0 Å². The molecule has 2 atom stereocenters. The number of amides is 1. The molecule has 0 aliphatic carbocycles. The zero-order chi connectivity index (χ0) is 12.7. The summed E-state index contributed by atoms with van der Waals surface area (Å²) in [6.45, 7) is 3.63. The van der Waals surface area contributed by atoms with Crippen LogP contribution in [0.3, 0.4) is 0 Å². The van der Waals surface area contributed by atoms with E-state index in [-0.39, 0.29) is 17.8 Å². The Morgan fingerprint density at radius 1 is 1.53 bits per heavy atom. The van der Waals surface area contributed by atoms with E-state index in [0.717, 1.165) is 25.8 Å². The smallest absolute Gasteiger partial charge is 0.328 e. The molecule has 1 amide bonds. The Labute approximate surface area is 102 Å². The summed E-state index contributed by atoms with van der Waals surface area (Å²) in [5.74, 6) is -0.400. The average Bonchev–Trinajstić information content (AvgIpc) is 2.87. The number of methoxy groups -OCH3 is 1. The third kappa shape index (κ3) is 4.34. The SMILES string of the molecule is CCCCC(NC(=O)C1CCNC1)C(=O)OC. The Kier molecular flexibility index (Phi) is 5.97. The molecule has 5 heteroatoms. The molecule has 0 aromatic carbocycles. The molecule has 17 heavy (non-hydrogen) atoms. The van der Waals surface area contributed by atoms with Gasteiger partial charge in [-0.25, -0.2) is 4.79 Å². The molecular formula is C12H22N2O3. The highest BCUT2D eigenvalue weighted by Crippen LogP contribution is 2.09. The summed E-state index contributed by atoms with van der Waals surface area (Å²) in [6.07, 6.45) is 3.39. The van der Waals surface area contributed by atoms with Gasteiger partial charge in [0, 0.05) is 6.54 Å². The van der Waals surface area contributed by atoms with Crippen molar-refractivity contribution in [2.24, 2.45) is 5.92 Å². The van der Waals surface area contributed by atoms with Crippen molar-refractivity contribution in [2.45, 2.75) is 38.6 Å². The number of rotatable bonds is 6. The molecule has 0 aromatic heterocycles. The summed E-state index contributed by atoms with van der Waals surface area (Å²) in [6, 6.07) is -0.493. The summed E-state index contributed by atoms with van der Waals surface area (Å²) in [7, 11) is 1.35. The molecule has 0 spiro atoms. The topological polar surface area (TPSA) is 67.4 Å². The van der Waals surface area contributed by atoms with Crippen molar-refractivity contribution in [1.82, 2.24) is 10.6 Å². The molecule has 2 unspecified atom stereocenters. The zero-order valence-corrected chi connectivity index (χ0v) is 10.6. The average molecular weight is 242 g/mol. The van der Waals surface area contributed by atoms with Crippen molar-refractivity contribution in [1.29, 1.82) is 0 Å². The second kappa shape index (κ2) is 7.27. The van der Waals surface area contributed by atoms with Crippen molar-refractivity contribution < 1.29 is 14.3 Å². The number of hydrogen-bond acceptors (Lipinski definition) is 4. The van der Waals surface area contributed by atoms with E-state index < -0.39 is 6.04 Å². The predicted octanol–water partition coefficient (Wildman–Crippen LogP) is 0.444. The molecule has 2 N–H and O–H groups in total. The molecule has 1 aliphatic rings. The minimum Gasteiger partial charge on any atom is -0.467 e. The quantitative estimate of drug-likeness (QED) is 0.663. The van der Waals surface area contributed by atoms with Gasteiger partial charge in [0.25, 0.3) is 0 Å². The van der Waals surface area contributed by atoms with Gasteiger partial charge in [0.05, 0.1) is 13.0 Å². The number of hydrogen-bond donors (Lipinski definition) is 2. The van der Waals surface area contributed by atoms with Crippen molar-refractivity contribution in [2.75, 3.05) is 20.2 Å². The molecule has 0 radical (unpaired) electrons. The molecule has 0 aromatic rings. The maximum atomic E-state index is 11.9. The first kappa shape index (κ1) is 14.0. The van der Waals surface area contributed by atoms with Crippen LogP contribution >= 0.6 is 0 Å². The largest absolute Gasteiger partial charge is 0.467 e. The van der Waals surface area contributed by atoms with Crippen molar-refractivity contribution >= 4 is 11.9 Å². The first-order chi connectivity index (χ1) is 8.19. The Balaban J connectivity index is 2.46. The molecule has 1 saturated heterocycles. The lowest BCUT2D eigenvalue weighted by atomic mass is 10.1. The number of nitrogens with one attached hydrogen (secondary N) is 2. The maximum absolute atomic E-state index is 11.9. The Bertz CT molecular complexity index is 262. The van der Waals surface area contributed by atoms with Crippen molar-refractivity contribution in [3.63, 3.8) is 0 Å². The van der Waals surface area contributed by atoms with Crippen LogP contribution in [0.4, 0.5) is 0 Å². The monoisotopic (exact) mass is 242 g/mol. The van der Waals surface area contributed by atoms with Gasteiger partial charge in [0.2, 0.25) is 5.91 Å². The van der Waals surface area contributed by atoms with Crippen molar-refractivity contribution in [3.05, 3.63) is 0 Å². The van der Waals surface area contributed by atoms with E-state index in [1.54, 1.807) is 0 Å². The molecule has 0 saturated carbocycles. The van der Waals surface area contributed by atoms with E-state index in [2.05, 4.69) is 17.6 Å². The van der Waals surface area contributed by atoms with E-state index in [0.29, 0.717) is 13.0 Å². The summed E-state index contributed by atoms with van der Waals surface area (Å²) in [5, 5.41) is 5.93. The molecular weight excluding hydrogens is 220 g/mol. The number of ether oxygens (including phenoxy) is 1. The third-order valence-electron chi connectivity index (χ3n) is 3.08. The number of carbonyl (C=O) groups excluding carboxylic acids is 2. The van der Waals surface area contributed by atoms with Gasteiger partial charge in [0.15, 0.2) is 0 Å². The van der Waals surface area contributed by atoms with E-state index in [9.17, 15) is 9.59 Å². The Morgan fingerprint density at radius 2 is 2.29 bits per heavy atom. The van der Waals surface area contributed by atoms with Crippen LogP contribution in [0, 0.1) is 5.92 Å². The number of carbonyl (C=O) groups is 2. The normalized spacial score (nSPS) is 20.9. The van der Waals surface area contributed by atoms with Gasteiger partial charge in [-0.2, -0.15) is 0 Å². The van der Waals surface area contributed by atoms with E-state index in [4.69, 9.17) is 4.74 Å². The second-order valence-electron chi connectivity index (χ2n) is 4.42. The summed E-state index contributed by atoms with van der Waals surface area (Å²) in [5.41, 5.74) is 0. The second-order valence-corrected chi connectivity index (χ2v) is 4.42. The van der Waals surface area contributed by atoms with E-state index in [1.807, 2.05) is 0 Å². The van der Waals surface area contributed by atoms with Crippen LogP contribution in [0.25, 0.3) is 0 Å². The molecule has 1 fully saturated rings. The first-order valence-corrected chi connectivity index (χ1v) is 6.28. The highest BCUT2D eigenvalue weighted by molar-refractivity contribution is 5.85. The number of esters is 1. The predicted molar refractivity (Wildman–Crippen MR) is 64.4 cm³/mol. The van der Waals surface area contributed by atoms with Crippen molar-refractivity contribution in [3.8, 4) is 0 Å². The fourth-order valence-electron chi connectivity index (χ4n) is 1.97. The standard InChI is InChI=1S/C12H22N2O3/c1-3-4-5-10(12(16)17-2)14-11(15)9-6-7-13-8-9/h9-10,13H,3-8H2,1-2H3,(H,14,15). The van der Waals surface area contributed by atoms with Crippen LogP contribution in [0.5, 0.6) is 0 Å². The lowest BCUT2D eigenvalue weighted by Crippen LogP contribution is -2.44. The minimum atomic E-state index is -0.493. The zero-order valence-electron chi connectivity index (χ0n) is 10.6. The van der Waals surface area contributed by atoms with E-state index in [1.165, 1.54) is 7.11 Å². The van der Waals surface area contributed by atoms with Gasteiger partial charge in [0.1, 0.15) is 6.04 Å². The minimum absolute atomic E-state index is 0.0104. The lowest BCUT2D eigenvalue weighted by Gasteiger charge is -2.18. The fraction of sp³-hybridized carbons (Fsp3) is 0.833. The Hall–Kier alpha value is -1.10. The summed E-state index contributed by atoms with van der Waals surface area (Å²) in [4.78, 5) is 23.4. The van der Waals surface area contributed by atoms with Crippen LogP contribution in [-0.4, -0.2) is 38.1 Å². The van der Waals surface area contributed by atoms with Gasteiger partial charge in [-0.3, -0.25) is 4.79 Å². The number of unbranched alkanes of at least 4 members (excludes halogenated alkanes) is 1. The third-order valence-corrected chi connectivity index (χ3v) is 3.08. The lowest BCUT2D eigenvalue weighted by molar-refractivity contribution is -0.145. The first-order valence-electron chi connectivity index (χ1n) is 6.28. The van der Waals surface area contributed by atoms with Gasteiger partial charge >= 0.3 is 5.97 Å². The highest BCUT2D eigenvalue weighted by atomic mass is 16.5. The van der Waals surface area contributed by atoms with Crippen LogP contribution in [0.1, 0.15) is 32.6 Å². The molecule has 1 rings (SSSR count). The van der Waals surface area contributed by atoms with Crippen LogP contribution in [-0.2, 0) is 14.3 Å². The fourth-order valence-corrected chi connectivity index (χ4v) is 1.97. The maximum Gasteiger partial charge on any atom is 0.328 e. The summed E-state index contributed by atoms with van der Waals surface area (Å²) >= 11 is 0. The van der Waals surface area contributed by atoms with Crippen LogP contribution in [0.2, 0.25) is 0 Å². The molecule has 98 valence electrons.